The molecule has 0 heterocycles. The summed E-state index contributed by atoms with van der Waals surface area (Å²) in [4.78, 5) is 0. The summed E-state index contributed by atoms with van der Waals surface area (Å²) in [6.45, 7) is 2.16. The quantitative estimate of drug-likeness (QED) is 0.557. The van der Waals surface area contributed by atoms with Crippen LogP contribution in [-0.2, 0) is 6.42 Å². The molecule has 2 aromatic carbocycles. The van der Waals surface area contributed by atoms with Crippen molar-refractivity contribution in [2.24, 2.45) is 0 Å². The van der Waals surface area contributed by atoms with E-state index >= 15 is 0 Å². The van der Waals surface area contributed by atoms with Crippen molar-refractivity contribution in [3.63, 3.8) is 0 Å². The second kappa shape index (κ2) is 6.78. The lowest BCUT2D eigenvalue weighted by molar-refractivity contribution is 0.412. The molecule has 2 rings (SSSR count). The van der Waals surface area contributed by atoms with Crippen LogP contribution in [0.3, 0.4) is 0 Å². The van der Waals surface area contributed by atoms with Gasteiger partial charge in [-0.25, -0.2) is 0 Å². The molecule has 0 aliphatic heterocycles. The third-order valence-electron chi connectivity index (χ3n) is 2.75. The van der Waals surface area contributed by atoms with Gasteiger partial charge in [-0.2, -0.15) is 0 Å². The largest absolute Gasteiger partial charge is 0.497 e. The molecular formula is C15H14I2O2. The second-order valence-electron chi connectivity index (χ2n) is 4.02. The number of ether oxygens (including phenoxy) is 2. The molecule has 0 saturated carbocycles. The summed E-state index contributed by atoms with van der Waals surface area (Å²) in [5, 5.41) is 0. The molecule has 0 unspecified atom stereocenters. The second-order valence-corrected chi connectivity index (χ2v) is 6.34. The Morgan fingerprint density at radius 1 is 0.947 bits per heavy atom. The molecule has 2 aromatic rings. The van der Waals surface area contributed by atoms with Gasteiger partial charge in [-0.05, 0) is 93.6 Å². The van der Waals surface area contributed by atoms with Crippen LogP contribution in [0.5, 0.6) is 17.2 Å². The van der Waals surface area contributed by atoms with Crippen molar-refractivity contribution in [2.45, 2.75) is 13.3 Å². The predicted molar refractivity (Wildman–Crippen MR) is 94.3 cm³/mol. The van der Waals surface area contributed by atoms with Gasteiger partial charge in [0.05, 0.1) is 14.3 Å². The van der Waals surface area contributed by atoms with Gasteiger partial charge in [-0.3, -0.25) is 0 Å². The van der Waals surface area contributed by atoms with Crippen LogP contribution in [-0.4, -0.2) is 7.11 Å². The highest BCUT2D eigenvalue weighted by Gasteiger charge is 2.09. The minimum atomic E-state index is 0.820. The number of hydrogen-bond donors (Lipinski definition) is 0. The molecule has 0 N–H and O–H groups in total. The molecule has 0 aromatic heterocycles. The zero-order chi connectivity index (χ0) is 13.8. The molecule has 19 heavy (non-hydrogen) atoms. The van der Waals surface area contributed by atoms with Crippen molar-refractivity contribution in [2.75, 3.05) is 7.11 Å². The summed E-state index contributed by atoms with van der Waals surface area (Å²) in [6.07, 6.45) is 1.04. The minimum Gasteiger partial charge on any atom is -0.497 e. The van der Waals surface area contributed by atoms with E-state index in [4.69, 9.17) is 9.47 Å². The zero-order valence-corrected chi connectivity index (χ0v) is 15.1. The van der Waals surface area contributed by atoms with Crippen LogP contribution in [0.2, 0.25) is 0 Å². The molecule has 0 saturated heterocycles. The smallest absolute Gasteiger partial charge is 0.154 e. The Balaban J connectivity index is 2.27. The third kappa shape index (κ3) is 3.75. The Morgan fingerprint density at radius 3 is 1.95 bits per heavy atom. The van der Waals surface area contributed by atoms with Crippen molar-refractivity contribution >= 4 is 45.2 Å². The summed E-state index contributed by atoms with van der Waals surface area (Å²) in [5.74, 6) is 2.57. The van der Waals surface area contributed by atoms with Gasteiger partial charge in [-0.1, -0.05) is 6.92 Å². The maximum atomic E-state index is 5.97. The lowest BCUT2D eigenvalue weighted by atomic mass is 10.2. The molecule has 4 heteroatoms. The van der Waals surface area contributed by atoms with E-state index in [-0.39, 0.29) is 0 Å². The zero-order valence-electron chi connectivity index (χ0n) is 10.7. The van der Waals surface area contributed by atoms with Gasteiger partial charge in [0.15, 0.2) is 5.75 Å². The van der Waals surface area contributed by atoms with Gasteiger partial charge in [0.2, 0.25) is 0 Å². The fourth-order valence-electron chi connectivity index (χ4n) is 1.68. The molecule has 0 spiro atoms. The first-order valence-corrected chi connectivity index (χ1v) is 8.09. The van der Waals surface area contributed by atoms with Crippen LogP contribution >= 0.6 is 45.2 Å². The standard InChI is InChI=1S/C15H14I2O2/c1-3-10-8-13(16)15(14(17)9-10)19-12-6-4-11(18-2)5-7-12/h4-9H,3H2,1-2H3. The molecule has 0 atom stereocenters. The van der Waals surface area contributed by atoms with Gasteiger partial charge >= 0.3 is 0 Å². The monoisotopic (exact) mass is 480 g/mol. The van der Waals surface area contributed by atoms with Crippen molar-refractivity contribution in [3.8, 4) is 17.2 Å². The van der Waals surface area contributed by atoms with Crippen LogP contribution in [0.4, 0.5) is 0 Å². The number of methoxy groups -OCH3 is 1. The number of aryl methyl sites for hydroxylation is 1. The highest BCUT2D eigenvalue weighted by molar-refractivity contribution is 14.1. The van der Waals surface area contributed by atoms with Gasteiger partial charge in [0, 0.05) is 0 Å². The number of hydrogen-bond acceptors (Lipinski definition) is 2. The molecule has 100 valence electrons. The van der Waals surface area contributed by atoms with Crippen LogP contribution in [0, 0.1) is 7.14 Å². The summed E-state index contributed by atoms with van der Waals surface area (Å²) >= 11 is 4.64. The van der Waals surface area contributed by atoms with E-state index in [0.717, 1.165) is 30.8 Å². The first-order chi connectivity index (χ1) is 9.13. The van der Waals surface area contributed by atoms with Crippen LogP contribution < -0.4 is 9.47 Å². The third-order valence-corrected chi connectivity index (χ3v) is 4.35. The van der Waals surface area contributed by atoms with Gasteiger partial charge < -0.3 is 9.47 Å². The average molecular weight is 480 g/mol. The summed E-state index contributed by atoms with van der Waals surface area (Å²) in [6, 6.07) is 12.0. The predicted octanol–water partition coefficient (Wildman–Crippen LogP) is 5.26. The Morgan fingerprint density at radius 2 is 1.47 bits per heavy atom. The van der Waals surface area contributed by atoms with Crippen molar-refractivity contribution < 1.29 is 9.47 Å². The summed E-state index contributed by atoms with van der Waals surface area (Å²) in [5.41, 5.74) is 1.33. The first kappa shape index (κ1) is 14.9. The van der Waals surface area contributed by atoms with Crippen molar-refractivity contribution in [1.29, 1.82) is 0 Å². The fourth-order valence-corrected chi connectivity index (χ4v) is 3.79. The van der Waals surface area contributed by atoms with E-state index in [2.05, 4.69) is 64.2 Å². The normalized spacial score (nSPS) is 10.3. The summed E-state index contributed by atoms with van der Waals surface area (Å²) in [7, 11) is 1.66. The lowest BCUT2D eigenvalue weighted by Gasteiger charge is -2.12. The Kier molecular flexibility index (Phi) is 5.32. The fraction of sp³-hybridized carbons (Fsp3) is 0.200. The first-order valence-electron chi connectivity index (χ1n) is 5.94. The maximum Gasteiger partial charge on any atom is 0.154 e. The van der Waals surface area contributed by atoms with E-state index in [1.165, 1.54) is 5.56 Å². The Labute approximate surface area is 140 Å². The molecule has 0 radical (unpaired) electrons. The summed E-state index contributed by atoms with van der Waals surface area (Å²) < 4.78 is 13.4. The van der Waals surface area contributed by atoms with Gasteiger partial charge in [0.1, 0.15) is 11.5 Å². The number of halogens is 2. The van der Waals surface area contributed by atoms with E-state index < -0.39 is 0 Å². The van der Waals surface area contributed by atoms with Gasteiger partial charge in [0.25, 0.3) is 0 Å². The van der Waals surface area contributed by atoms with Crippen LogP contribution in [0.25, 0.3) is 0 Å². The Bertz CT molecular complexity index is 542. The molecular weight excluding hydrogens is 466 g/mol. The molecule has 0 fully saturated rings. The van der Waals surface area contributed by atoms with E-state index in [9.17, 15) is 0 Å². The topological polar surface area (TPSA) is 18.5 Å². The maximum absolute atomic E-state index is 5.97. The highest BCUT2D eigenvalue weighted by Crippen LogP contribution is 2.33. The van der Waals surface area contributed by atoms with Crippen molar-refractivity contribution in [1.82, 2.24) is 0 Å². The van der Waals surface area contributed by atoms with Crippen LogP contribution in [0.15, 0.2) is 36.4 Å². The molecule has 0 bridgehead atoms. The highest BCUT2D eigenvalue weighted by atomic mass is 127. The molecule has 2 nitrogen and oxygen atoms in total. The minimum absolute atomic E-state index is 0.820. The number of rotatable bonds is 4. The Hall–Kier alpha value is -0.500. The van der Waals surface area contributed by atoms with Crippen molar-refractivity contribution in [3.05, 3.63) is 49.1 Å². The average Bonchev–Trinajstić information content (AvgIpc) is 2.43. The van der Waals surface area contributed by atoms with Gasteiger partial charge in [-0.15, -0.1) is 0 Å². The SMILES string of the molecule is CCc1cc(I)c(Oc2ccc(OC)cc2)c(I)c1. The van der Waals surface area contributed by atoms with E-state index in [1.807, 2.05) is 24.3 Å². The lowest BCUT2D eigenvalue weighted by Crippen LogP contribution is -1.93. The molecule has 0 amide bonds. The van der Waals surface area contributed by atoms with E-state index in [0.29, 0.717) is 0 Å². The van der Waals surface area contributed by atoms with E-state index in [1.54, 1.807) is 7.11 Å². The molecule has 0 aliphatic rings. The van der Waals surface area contributed by atoms with Crippen LogP contribution in [0.1, 0.15) is 12.5 Å². The number of benzene rings is 2. The molecule has 0 aliphatic carbocycles.